The van der Waals surface area contributed by atoms with Crippen LogP contribution in [0.5, 0.6) is 0 Å². The van der Waals surface area contributed by atoms with E-state index in [0.29, 0.717) is 18.5 Å². The summed E-state index contributed by atoms with van der Waals surface area (Å²) < 4.78 is 0. The van der Waals surface area contributed by atoms with Crippen molar-refractivity contribution in [1.82, 2.24) is 4.90 Å². The van der Waals surface area contributed by atoms with Gasteiger partial charge in [-0.1, -0.05) is 32.9 Å². The van der Waals surface area contributed by atoms with E-state index in [-0.39, 0.29) is 47.6 Å². The first-order valence-electron chi connectivity index (χ1n) is 9.14. The highest BCUT2D eigenvalue weighted by Crippen LogP contribution is 2.60. The van der Waals surface area contributed by atoms with E-state index < -0.39 is 11.3 Å². The summed E-state index contributed by atoms with van der Waals surface area (Å²) in [6, 6.07) is 6.44. The first-order chi connectivity index (χ1) is 12.6. The van der Waals surface area contributed by atoms with Gasteiger partial charge in [0, 0.05) is 18.9 Å². The molecular formula is C20H25N3O4. The van der Waals surface area contributed by atoms with Crippen molar-refractivity contribution in [2.45, 2.75) is 40.0 Å². The minimum Gasteiger partial charge on any atom is -0.366 e. The third kappa shape index (κ3) is 2.91. The second-order valence-electron chi connectivity index (χ2n) is 8.15. The van der Waals surface area contributed by atoms with Crippen LogP contribution in [0.2, 0.25) is 0 Å². The zero-order valence-electron chi connectivity index (χ0n) is 15.9. The lowest BCUT2D eigenvalue weighted by Crippen LogP contribution is -2.59. The highest BCUT2D eigenvalue weighted by molar-refractivity contribution is 6.05. The maximum absolute atomic E-state index is 13.0. The molecule has 3 N–H and O–H groups in total. The predicted octanol–water partition coefficient (Wildman–Crippen LogP) is 1.93. The molecule has 1 aliphatic carbocycles. The highest BCUT2D eigenvalue weighted by Gasteiger charge is 2.64. The molecule has 4 amide bonds. The van der Waals surface area contributed by atoms with Crippen LogP contribution in [0.1, 0.15) is 50.4 Å². The van der Waals surface area contributed by atoms with Crippen molar-refractivity contribution in [1.29, 1.82) is 0 Å². The van der Waals surface area contributed by atoms with Gasteiger partial charge in [-0.15, -0.1) is 0 Å². The zero-order chi connectivity index (χ0) is 20.0. The van der Waals surface area contributed by atoms with Crippen molar-refractivity contribution in [2.24, 2.45) is 22.5 Å². The Morgan fingerprint density at radius 3 is 2.56 bits per heavy atom. The van der Waals surface area contributed by atoms with E-state index in [1.165, 1.54) is 11.0 Å². The van der Waals surface area contributed by atoms with E-state index in [1.807, 2.05) is 20.8 Å². The average Bonchev–Trinajstić information content (AvgIpc) is 2.79. The van der Waals surface area contributed by atoms with Crippen LogP contribution in [0.4, 0.5) is 5.69 Å². The Balaban J connectivity index is 1.69. The molecule has 1 saturated carbocycles. The van der Waals surface area contributed by atoms with Crippen LogP contribution in [-0.2, 0) is 14.4 Å². The van der Waals surface area contributed by atoms with Gasteiger partial charge in [0.2, 0.25) is 17.7 Å². The van der Waals surface area contributed by atoms with Gasteiger partial charge in [0.05, 0.1) is 16.7 Å². The van der Waals surface area contributed by atoms with Gasteiger partial charge < -0.3 is 11.1 Å². The molecule has 1 aliphatic heterocycles. The lowest BCUT2D eigenvalue weighted by Gasteiger charge is -2.47. The molecule has 27 heavy (non-hydrogen) atoms. The molecule has 3 rings (SSSR count). The van der Waals surface area contributed by atoms with E-state index in [9.17, 15) is 19.2 Å². The number of benzene rings is 1. The molecule has 1 saturated heterocycles. The summed E-state index contributed by atoms with van der Waals surface area (Å²) in [6.45, 7) is 5.90. The summed E-state index contributed by atoms with van der Waals surface area (Å²) in [5.41, 5.74) is 4.88. The predicted molar refractivity (Wildman–Crippen MR) is 99.5 cm³/mol. The number of fused-ring (bicyclic) bond motifs is 2. The van der Waals surface area contributed by atoms with Gasteiger partial charge in [-0.25, -0.2) is 0 Å². The van der Waals surface area contributed by atoms with Gasteiger partial charge in [0.15, 0.2) is 0 Å². The number of imide groups is 1. The maximum Gasteiger partial charge on any atom is 0.250 e. The largest absolute Gasteiger partial charge is 0.366 e. The number of para-hydroxylation sites is 1. The van der Waals surface area contributed by atoms with Crippen molar-refractivity contribution in [2.75, 3.05) is 11.9 Å². The van der Waals surface area contributed by atoms with Crippen LogP contribution < -0.4 is 11.1 Å². The summed E-state index contributed by atoms with van der Waals surface area (Å²) >= 11 is 0. The number of nitrogens with two attached hydrogens (primary N) is 1. The average molecular weight is 371 g/mol. The molecule has 1 aromatic rings. The number of hydrogen-bond donors (Lipinski definition) is 2. The van der Waals surface area contributed by atoms with Crippen molar-refractivity contribution < 1.29 is 19.2 Å². The summed E-state index contributed by atoms with van der Waals surface area (Å²) in [7, 11) is 0. The molecule has 2 fully saturated rings. The Kier molecular flexibility index (Phi) is 4.57. The number of hydrogen-bond acceptors (Lipinski definition) is 4. The summed E-state index contributed by atoms with van der Waals surface area (Å²) in [4.78, 5) is 50.7. The van der Waals surface area contributed by atoms with Gasteiger partial charge in [0.25, 0.3) is 5.91 Å². The molecule has 1 heterocycles. The lowest BCUT2D eigenvalue weighted by atomic mass is 9.62. The van der Waals surface area contributed by atoms with Gasteiger partial charge >= 0.3 is 0 Å². The van der Waals surface area contributed by atoms with Crippen LogP contribution in [0.15, 0.2) is 24.3 Å². The number of amides is 4. The van der Waals surface area contributed by atoms with E-state index in [0.717, 1.165) is 0 Å². The molecule has 2 bridgehead atoms. The molecular weight excluding hydrogens is 346 g/mol. The second kappa shape index (κ2) is 6.48. The number of carbonyl (C=O) groups excluding carboxylic acids is 4. The highest BCUT2D eigenvalue weighted by atomic mass is 16.2. The number of nitrogens with zero attached hydrogens (tertiary/aromatic N) is 1. The van der Waals surface area contributed by atoms with Crippen LogP contribution in [-0.4, -0.2) is 35.1 Å². The van der Waals surface area contributed by atoms with Crippen molar-refractivity contribution in [3.05, 3.63) is 29.8 Å². The zero-order valence-corrected chi connectivity index (χ0v) is 15.9. The molecule has 7 heteroatoms. The summed E-state index contributed by atoms with van der Waals surface area (Å²) in [6.07, 6.45) is 1.35. The van der Waals surface area contributed by atoms with Gasteiger partial charge in [-0.2, -0.15) is 0 Å². The molecule has 0 spiro atoms. The van der Waals surface area contributed by atoms with Crippen LogP contribution in [0, 0.1) is 16.7 Å². The molecule has 2 aliphatic rings. The van der Waals surface area contributed by atoms with Crippen molar-refractivity contribution in [3.63, 3.8) is 0 Å². The topological polar surface area (TPSA) is 110 Å². The van der Waals surface area contributed by atoms with Crippen LogP contribution >= 0.6 is 0 Å². The number of piperidine rings is 1. The van der Waals surface area contributed by atoms with Crippen LogP contribution in [0.25, 0.3) is 0 Å². The number of anilines is 1. The number of rotatable bonds is 5. The monoisotopic (exact) mass is 371 g/mol. The fourth-order valence-electron chi connectivity index (χ4n) is 4.35. The maximum atomic E-state index is 13.0. The fourth-order valence-corrected chi connectivity index (χ4v) is 4.35. The first kappa shape index (κ1) is 19.1. The van der Waals surface area contributed by atoms with E-state index >= 15 is 0 Å². The number of carbonyl (C=O) groups is 4. The van der Waals surface area contributed by atoms with E-state index in [1.54, 1.807) is 18.2 Å². The summed E-state index contributed by atoms with van der Waals surface area (Å²) in [5.74, 6) is -1.61. The number of primary amides is 1. The minimum absolute atomic E-state index is 0.0322. The fraction of sp³-hybridized carbons (Fsp3) is 0.500. The Morgan fingerprint density at radius 1 is 1.22 bits per heavy atom. The Morgan fingerprint density at radius 2 is 1.89 bits per heavy atom. The molecule has 0 aromatic heterocycles. The first-order valence-corrected chi connectivity index (χ1v) is 9.14. The van der Waals surface area contributed by atoms with E-state index in [2.05, 4.69) is 5.32 Å². The van der Waals surface area contributed by atoms with E-state index in [4.69, 9.17) is 5.73 Å². The Labute approximate surface area is 158 Å². The van der Waals surface area contributed by atoms with Crippen molar-refractivity contribution in [3.8, 4) is 0 Å². The number of nitrogens with one attached hydrogen (secondary N) is 1. The lowest BCUT2D eigenvalue weighted by molar-refractivity contribution is -0.167. The SMILES string of the molecule is CC12CCC(C(=O)N(CCC(=O)Nc3ccccc3C(N)=O)C1=O)C2(C)C. The minimum atomic E-state index is -0.640. The molecule has 0 radical (unpaired) electrons. The van der Waals surface area contributed by atoms with Gasteiger partial charge in [-0.05, 0) is 30.4 Å². The third-order valence-corrected chi connectivity index (χ3v) is 6.54. The second-order valence-corrected chi connectivity index (χ2v) is 8.15. The Bertz CT molecular complexity index is 832. The quantitative estimate of drug-likeness (QED) is 0.771. The Hall–Kier alpha value is -2.70. The molecule has 2 atom stereocenters. The molecule has 1 aromatic carbocycles. The number of likely N-dealkylation sites (tertiary alicyclic amines) is 1. The van der Waals surface area contributed by atoms with Crippen LogP contribution in [0.3, 0.4) is 0 Å². The molecule has 2 unspecified atom stereocenters. The smallest absolute Gasteiger partial charge is 0.250 e. The molecule has 144 valence electrons. The molecule has 7 nitrogen and oxygen atoms in total. The summed E-state index contributed by atoms with van der Waals surface area (Å²) in [5, 5.41) is 2.64. The van der Waals surface area contributed by atoms with Crippen molar-refractivity contribution >= 4 is 29.3 Å². The standard InChI is InChI=1S/C20H25N3O4/c1-19(2)13-8-10-20(19,3)18(27)23(17(13)26)11-9-15(24)22-14-7-5-4-6-12(14)16(21)25/h4-7,13H,8-11H2,1-3H3,(H2,21,25)(H,22,24). The van der Waals surface area contributed by atoms with Gasteiger partial charge in [-0.3, -0.25) is 24.1 Å². The van der Waals surface area contributed by atoms with Gasteiger partial charge in [0.1, 0.15) is 0 Å². The normalized spacial score (nSPS) is 26.2. The third-order valence-electron chi connectivity index (χ3n) is 6.54.